The number of piperidine rings is 1. The summed E-state index contributed by atoms with van der Waals surface area (Å²) >= 11 is 1.88. The lowest BCUT2D eigenvalue weighted by Crippen LogP contribution is -2.39. The molecule has 0 N–H and O–H groups in total. The van der Waals surface area contributed by atoms with Crippen molar-refractivity contribution in [3.05, 3.63) is 0 Å². The summed E-state index contributed by atoms with van der Waals surface area (Å²) in [6.07, 6.45) is 4.43. The molecule has 1 aliphatic heterocycles. The third-order valence-electron chi connectivity index (χ3n) is 2.69. The first kappa shape index (κ1) is 11.1. The highest BCUT2D eigenvalue weighted by molar-refractivity contribution is 7.98. The van der Waals surface area contributed by atoms with Crippen molar-refractivity contribution in [1.29, 1.82) is 0 Å². The fourth-order valence-corrected chi connectivity index (χ4v) is 2.25. The summed E-state index contributed by atoms with van der Waals surface area (Å²) in [4.78, 5) is 13.6. The fraction of sp³-hybridized carbons (Fsp3) is 0.900. The van der Waals surface area contributed by atoms with Crippen molar-refractivity contribution in [3.8, 4) is 0 Å². The Morgan fingerprint density at radius 2 is 2.38 bits per heavy atom. The van der Waals surface area contributed by atoms with E-state index < -0.39 is 0 Å². The number of rotatable bonds is 4. The van der Waals surface area contributed by atoms with Crippen molar-refractivity contribution < 1.29 is 4.79 Å². The summed E-state index contributed by atoms with van der Waals surface area (Å²) in [6, 6.07) is 0. The van der Waals surface area contributed by atoms with E-state index in [1.54, 1.807) is 6.92 Å². The number of carbonyl (C=O) groups is 1. The van der Waals surface area contributed by atoms with Crippen molar-refractivity contribution in [2.24, 2.45) is 5.92 Å². The molecule has 76 valence electrons. The molecule has 0 bridgehead atoms. The third-order valence-corrected chi connectivity index (χ3v) is 3.28. The molecule has 0 aromatic heterocycles. The lowest BCUT2D eigenvalue weighted by atomic mass is 9.95. The number of thioether (sulfide) groups is 1. The molecule has 3 heteroatoms. The normalized spacial score (nSPS) is 24.6. The van der Waals surface area contributed by atoms with Crippen LogP contribution in [-0.4, -0.2) is 42.3 Å². The molecule has 1 saturated heterocycles. The van der Waals surface area contributed by atoms with E-state index in [4.69, 9.17) is 0 Å². The molecule has 0 saturated carbocycles. The number of carbonyl (C=O) groups excluding carboxylic acids is 1. The standard InChI is InChI=1S/C10H19NOS/c1-9(12)10-4-3-5-11(8-10)6-7-13-2/h10H,3-8H2,1-2H3. The number of nitrogens with zero attached hydrogens (tertiary/aromatic N) is 1. The van der Waals surface area contributed by atoms with Gasteiger partial charge in [-0.1, -0.05) is 0 Å². The predicted octanol–water partition coefficient (Wildman–Crippen LogP) is 1.65. The third kappa shape index (κ3) is 3.69. The van der Waals surface area contributed by atoms with Gasteiger partial charge in [0.05, 0.1) is 0 Å². The molecule has 2 nitrogen and oxygen atoms in total. The van der Waals surface area contributed by atoms with E-state index >= 15 is 0 Å². The van der Waals surface area contributed by atoms with Crippen molar-refractivity contribution in [2.75, 3.05) is 31.6 Å². The van der Waals surface area contributed by atoms with Crippen LogP contribution in [-0.2, 0) is 4.79 Å². The van der Waals surface area contributed by atoms with Gasteiger partial charge in [0.15, 0.2) is 0 Å². The second-order valence-electron chi connectivity index (χ2n) is 3.74. The van der Waals surface area contributed by atoms with Gasteiger partial charge in [0.1, 0.15) is 5.78 Å². The maximum atomic E-state index is 11.2. The lowest BCUT2D eigenvalue weighted by molar-refractivity contribution is -0.122. The van der Waals surface area contributed by atoms with Gasteiger partial charge in [-0.15, -0.1) is 0 Å². The van der Waals surface area contributed by atoms with Crippen LogP contribution in [0.1, 0.15) is 19.8 Å². The molecular weight excluding hydrogens is 182 g/mol. The average Bonchev–Trinajstić information content (AvgIpc) is 2.15. The molecule has 1 fully saturated rings. The summed E-state index contributed by atoms with van der Waals surface area (Å²) in [6.45, 7) is 5.05. The van der Waals surface area contributed by atoms with Crippen LogP contribution in [0, 0.1) is 5.92 Å². The Morgan fingerprint density at radius 3 is 3.00 bits per heavy atom. The summed E-state index contributed by atoms with van der Waals surface area (Å²) in [5.74, 6) is 1.87. The van der Waals surface area contributed by atoms with Gasteiger partial charge < -0.3 is 4.90 Å². The van der Waals surface area contributed by atoms with E-state index in [-0.39, 0.29) is 0 Å². The summed E-state index contributed by atoms with van der Waals surface area (Å²) in [5, 5.41) is 0. The molecule has 13 heavy (non-hydrogen) atoms. The predicted molar refractivity (Wildman–Crippen MR) is 58.2 cm³/mol. The monoisotopic (exact) mass is 201 g/mol. The molecule has 1 unspecified atom stereocenters. The lowest BCUT2D eigenvalue weighted by Gasteiger charge is -2.31. The van der Waals surface area contributed by atoms with Crippen LogP contribution in [0.25, 0.3) is 0 Å². The van der Waals surface area contributed by atoms with E-state index in [2.05, 4.69) is 11.2 Å². The molecular formula is C10H19NOS. The van der Waals surface area contributed by atoms with Crippen LogP contribution in [0.5, 0.6) is 0 Å². The summed E-state index contributed by atoms with van der Waals surface area (Å²) in [7, 11) is 0. The second kappa shape index (κ2) is 5.66. The van der Waals surface area contributed by atoms with Crippen LogP contribution in [0.4, 0.5) is 0 Å². The number of hydrogen-bond acceptors (Lipinski definition) is 3. The molecule has 1 heterocycles. The Balaban J connectivity index is 2.29. The molecule has 1 aliphatic rings. The van der Waals surface area contributed by atoms with E-state index in [9.17, 15) is 4.79 Å². The minimum atomic E-state index is 0.315. The highest BCUT2D eigenvalue weighted by Gasteiger charge is 2.22. The van der Waals surface area contributed by atoms with Gasteiger partial charge in [-0.2, -0.15) is 11.8 Å². The topological polar surface area (TPSA) is 20.3 Å². The molecule has 0 aromatic carbocycles. The van der Waals surface area contributed by atoms with Crippen LogP contribution in [0.3, 0.4) is 0 Å². The van der Waals surface area contributed by atoms with Gasteiger partial charge in [-0.05, 0) is 32.6 Å². The van der Waals surface area contributed by atoms with Crippen LogP contribution in [0.15, 0.2) is 0 Å². The minimum absolute atomic E-state index is 0.315. The zero-order chi connectivity index (χ0) is 9.68. The van der Waals surface area contributed by atoms with Crippen molar-refractivity contribution >= 4 is 17.5 Å². The molecule has 0 amide bonds. The van der Waals surface area contributed by atoms with Crippen LogP contribution < -0.4 is 0 Å². The maximum absolute atomic E-state index is 11.2. The Bertz CT molecular complexity index is 172. The number of Topliss-reactive ketones (excluding diaryl/α,β-unsaturated/α-hetero) is 1. The van der Waals surface area contributed by atoms with E-state index in [0.29, 0.717) is 11.7 Å². The van der Waals surface area contributed by atoms with Crippen LogP contribution >= 0.6 is 11.8 Å². The molecule has 0 spiro atoms. The Hall–Kier alpha value is -0.0200. The second-order valence-corrected chi connectivity index (χ2v) is 4.73. The van der Waals surface area contributed by atoms with Gasteiger partial charge in [-0.25, -0.2) is 0 Å². The number of hydrogen-bond donors (Lipinski definition) is 0. The average molecular weight is 201 g/mol. The van der Waals surface area contributed by atoms with E-state index in [0.717, 1.165) is 19.5 Å². The first-order valence-corrected chi connectivity index (χ1v) is 6.35. The quantitative estimate of drug-likeness (QED) is 0.690. The van der Waals surface area contributed by atoms with E-state index in [1.807, 2.05) is 11.8 Å². The molecule has 0 aromatic rings. The van der Waals surface area contributed by atoms with Crippen molar-refractivity contribution in [3.63, 3.8) is 0 Å². The van der Waals surface area contributed by atoms with Gasteiger partial charge >= 0.3 is 0 Å². The fourth-order valence-electron chi connectivity index (χ4n) is 1.81. The van der Waals surface area contributed by atoms with Gasteiger partial charge in [0.2, 0.25) is 0 Å². The molecule has 0 radical (unpaired) electrons. The van der Waals surface area contributed by atoms with Gasteiger partial charge in [0, 0.05) is 24.8 Å². The zero-order valence-electron chi connectivity index (χ0n) is 8.58. The minimum Gasteiger partial charge on any atom is -0.302 e. The Labute approximate surface area is 85.1 Å². The number of likely N-dealkylation sites (tertiary alicyclic amines) is 1. The van der Waals surface area contributed by atoms with Gasteiger partial charge in [0.25, 0.3) is 0 Å². The molecule has 1 atom stereocenters. The summed E-state index contributed by atoms with van der Waals surface area (Å²) < 4.78 is 0. The highest BCUT2D eigenvalue weighted by Crippen LogP contribution is 2.17. The molecule has 0 aliphatic carbocycles. The van der Waals surface area contributed by atoms with Crippen LogP contribution in [0.2, 0.25) is 0 Å². The van der Waals surface area contributed by atoms with E-state index in [1.165, 1.54) is 18.7 Å². The summed E-state index contributed by atoms with van der Waals surface area (Å²) in [5.41, 5.74) is 0. The Morgan fingerprint density at radius 1 is 1.62 bits per heavy atom. The van der Waals surface area contributed by atoms with Gasteiger partial charge in [-0.3, -0.25) is 4.79 Å². The van der Waals surface area contributed by atoms with Crippen molar-refractivity contribution in [1.82, 2.24) is 4.90 Å². The molecule has 1 rings (SSSR count). The number of ketones is 1. The maximum Gasteiger partial charge on any atom is 0.134 e. The largest absolute Gasteiger partial charge is 0.302 e. The first-order valence-electron chi connectivity index (χ1n) is 4.95. The first-order chi connectivity index (χ1) is 6.24. The smallest absolute Gasteiger partial charge is 0.134 e. The Kier molecular flexibility index (Phi) is 4.81. The highest BCUT2D eigenvalue weighted by atomic mass is 32.2. The van der Waals surface area contributed by atoms with Crippen molar-refractivity contribution in [2.45, 2.75) is 19.8 Å². The SMILES string of the molecule is CSCCN1CCCC(C(C)=O)C1. The zero-order valence-corrected chi connectivity index (χ0v) is 9.40.